The lowest BCUT2D eigenvalue weighted by atomic mass is 9.86. The maximum Gasteiger partial charge on any atom is 0.412 e. The van der Waals surface area contributed by atoms with Crippen molar-refractivity contribution in [1.29, 1.82) is 0 Å². The van der Waals surface area contributed by atoms with Crippen LogP contribution in [-0.2, 0) is 16.0 Å². The standard InChI is InChI=1S/C16H22FNO4/c1-15(2,3)22-14(21)18-11-7-6-10(12(17)8-11)9-16(4,5)13(19)20/h6-8H,9H2,1-5H3,(H,18,21)(H,19,20). The normalized spacial score (nSPS) is 11.9. The Bertz CT molecular complexity index is 576. The maximum absolute atomic E-state index is 14.0. The highest BCUT2D eigenvalue weighted by molar-refractivity contribution is 5.84. The summed E-state index contributed by atoms with van der Waals surface area (Å²) in [5.41, 5.74) is -1.18. The van der Waals surface area contributed by atoms with Crippen LogP contribution in [0.1, 0.15) is 40.2 Å². The average molecular weight is 311 g/mol. The van der Waals surface area contributed by atoms with E-state index in [-0.39, 0.29) is 17.7 Å². The summed E-state index contributed by atoms with van der Waals surface area (Å²) in [6.45, 7) is 8.24. The van der Waals surface area contributed by atoms with Crippen molar-refractivity contribution in [3.05, 3.63) is 29.6 Å². The summed E-state index contributed by atoms with van der Waals surface area (Å²) in [6.07, 6.45) is -0.619. The highest BCUT2D eigenvalue weighted by Gasteiger charge is 2.28. The first-order valence-electron chi connectivity index (χ1n) is 6.92. The van der Waals surface area contributed by atoms with Crippen molar-refractivity contribution in [2.24, 2.45) is 5.41 Å². The van der Waals surface area contributed by atoms with Crippen molar-refractivity contribution < 1.29 is 23.8 Å². The minimum atomic E-state index is -1.07. The van der Waals surface area contributed by atoms with Crippen LogP contribution in [0.2, 0.25) is 0 Å². The second-order valence-electron chi connectivity index (χ2n) is 6.80. The molecule has 0 saturated carbocycles. The molecule has 0 bridgehead atoms. The summed E-state index contributed by atoms with van der Waals surface area (Å²) in [4.78, 5) is 22.7. The first kappa shape index (κ1) is 17.9. The SMILES string of the molecule is CC(C)(C)OC(=O)Nc1ccc(CC(C)(C)C(=O)O)c(F)c1. The molecule has 6 heteroatoms. The number of benzene rings is 1. The molecule has 1 aromatic carbocycles. The van der Waals surface area contributed by atoms with Crippen LogP contribution in [0.25, 0.3) is 0 Å². The van der Waals surface area contributed by atoms with Gasteiger partial charge in [0, 0.05) is 5.69 Å². The van der Waals surface area contributed by atoms with E-state index in [9.17, 15) is 14.0 Å². The molecule has 0 atom stereocenters. The second-order valence-corrected chi connectivity index (χ2v) is 6.80. The van der Waals surface area contributed by atoms with Gasteiger partial charge < -0.3 is 9.84 Å². The Hall–Kier alpha value is -2.11. The molecule has 0 saturated heterocycles. The summed E-state index contributed by atoms with van der Waals surface area (Å²) in [7, 11) is 0. The van der Waals surface area contributed by atoms with Crippen LogP contribution in [-0.4, -0.2) is 22.8 Å². The molecule has 122 valence electrons. The number of amides is 1. The van der Waals surface area contributed by atoms with Crippen LogP contribution < -0.4 is 5.32 Å². The van der Waals surface area contributed by atoms with Crippen LogP contribution in [0, 0.1) is 11.2 Å². The van der Waals surface area contributed by atoms with Gasteiger partial charge in [0.15, 0.2) is 0 Å². The van der Waals surface area contributed by atoms with Crippen molar-refractivity contribution in [3.63, 3.8) is 0 Å². The van der Waals surface area contributed by atoms with Crippen LogP contribution in [0.15, 0.2) is 18.2 Å². The quantitative estimate of drug-likeness (QED) is 0.886. The number of anilines is 1. The molecule has 22 heavy (non-hydrogen) atoms. The van der Waals surface area contributed by atoms with Gasteiger partial charge in [-0.25, -0.2) is 9.18 Å². The van der Waals surface area contributed by atoms with Gasteiger partial charge in [0.2, 0.25) is 0 Å². The third kappa shape index (κ3) is 5.35. The molecule has 0 unspecified atom stereocenters. The Morgan fingerprint density at radius 2 is 1.82 bits per heavy atom. The van der Waals surface area contributed by atoms with Crippen molar-refractivity contribution in [2.45, 2.75) is 46.6 Å². The summed E-state index contributed by atoms with van der Waals surface area (Å²) in [5, 5.41) is 11.5. The number of carbonyl (C=O) groups is 2. The summed E-state index contributed by atoms with van der Waals surface area (Å²) < 4.78 is 19.1. The number of rotatable bonds is 4. The number of aliphatic carboxylic acids is 1. The Morgan fingerprint density at radius 3 is 2.27 bits per heavy atom. The van der Waals surface area contributed by atoms with Crippen molar-refractivity contribution in [1.82, 2.24) is 0 Å². The number of nitrogens with one attached hydrogen (secondary N) is 1. The van der Waals surface area contributed by atoms with Gasteiger partial charge in [0.1, 0.15) is 11.4 Å². The zero-order chi connectivity index (χ0) is 17.1. The van der Waals surface area contributed by atoms with E-state index in [4.69, 9.17) is 9.84 Å². The number of ether oxygens (including phenoxy) is 1. The molecule has 0 heterocycles. The van der Waals surface area contributed by atoms with E-state index in [1.807, 2.05) is 0 Å². The van der Waals surface area contributed by atoms with E-state index in [1.165, 1.54) is 26.0 Å². The summed E-state index contributed by atoms with van der Waals surface area (Å²) in [5.74, 6) is -1.56. The molecule has 0 fully saturated rings. The van der Waals surface area contributed by atoms with E-state index < -0.39 is 28.9 Å². The van der Waals surface area contributed by atoms with Gasteiger partial charge in [0.05, 0.1) is 5.41 Å². The Kier molecular flexibility index (Phi) is 5.17. The second kappa shape index (κ2) is 6.34. The molecule has 1 rings (SSSR count). The molecule has 0 spiro atoms. The van der Waals surface area contributed by atoms with Gasteiger partial charge in [-0.2, -0.15) is 0 Å². The molecule has 0 aliphatic heterocycles. The predicted octanol–water partition coefficient (Wildman–Crippen LogP) is 3.83. The molecule has 2 N–H and O–H groups in total. The number of hydrogen-bond donors (Lipinski definition) is 2. The maximum atomic E-state index is 14.0. The fraction of sp³-hybridized carbons (Fsp3) is 0.500. The average Bonchev–Trinajstić information content (AvgIpc) is 2.29. The van der Waals surface area contributed by atoms with E-state index in [0.717, 1.165) is 6.07 Å². The number of hydrogen-bond acceptors (Lipinski definition) is 3. The van der Waals surface area contributed by atoms with Crippen LogP contribution in [0.4, 0.5) is 14.9 Å². The van der Waals surface area contributed by atoms with Gasteiger partial charge in [0.25, 0.3) is 0 Å². The van der Waals surface area contributed by atoms with E-state index in [2.05, 4.69) is 5.32 Å². The molecular weight excluding hydrogens is 289 g/mol. The Morgan fingerprint density at radius 1 is 1.23 bits per heavy atom. The molecule has 5 nitrogen and oxygen atoms in total. The van der Waals surface area contributed by atoms with Gasteiger partial charge in [-0.15, -0.1) is 0 Å². The monoisotopic (exact) mass is 311 g/mol. The van der Waals surface area contributed by atoms with Gasteiger partial charge in [-0.05, 0) is 58.7 Å². The third-order valence-electron chi connectivity index (χ3n) is 2.91. The smallest absolute Gasteiger partial charge is 0.412 e. The zero-order valence-electron chi connectivity index (χ0n) is 13.5. The van der Waals surface area contributed by atoms with Gasteiger partial charge >= 0.3 is 12.1 Å². The van der Waals surface area contributed by atoms with Crippen molar-refractivity contribution >= 4 is 17.7 Å². The van der Waals surface area contributed by atoms with Crippen LogP contribution in [0.5, 0.6) is 0 Å². The highest BCUT2D eigenvalue weighted by Crippen LogP contribution is 2.25. The Labute approximate surface area is 129 Å². The van der Waals surface area contributed by atoms with Crippen LogP contribution >= 0.6 is 0 Å². The molecule has 0 aromatic heterocycles. The molecular formula is C16H22FNO4. The number of carboxylic acid groups (broad SMARTS) is 1. The first-order valence-corrected chi connectivity index (χ1v) is 6.92. The van der Waals surface area contributed by atoms with Crippen molar-refractivity contribution in [3.8, 4) is 0 Å². The predicted molar refractivity (Wildman–Crippen MR) is 81.4 cm³/mol. The number of halogens is 1. The number of carboxylic acids is 1. The summed E-state index contributed by atoms with van der Waals surface area (Å²) in [6, 6.07) is 4.13. The van der Waals surface area contributed by atoms with Crippen molar-refractivity contribution in [2.75, 3.05) is 5.32 Å². The first-order chi connectivity index (χ1) is 9.90. The molecule has 0 radical (unpaired) electrons. The van der Waals surface area contributed by atoms with Gasteiger partial charge in [-0.1, -0.05) is 6.07 Å². The number of carbonyl (C=O) groups excluding carboxylic acids is 1. The zero-order valence-corrected chi connectivity index (χ0v) is 13.5. The highest BCUT2D eigenvalue weighted by atomic mass is 19.1. The lowest BCUT2D eigenvalue weighted by Crippen LogP contribution is -2.27. The minimum absolute atomic E-state index is 0.0564. The minimum Gasteiger partial charge on any atom is -0.481 e. The fourth-order valence-corrected chi connectivity index (χ4v) is 1.74. The lowest BCUT2D eigenvalue weighted by molar-refractivity contribution is -0.146. The lowest BCUT2D eigenvalue weighted by Gasteiger charge is -2.21. The summed E-state index contributed by atoms with van der Waals surface area (Å²) >= 11 is 0. The fourth-order valence-electron chi connectivity index (χ4n) is 1.74. The van der Waals surface area contributed by atoms with E-state index in [0.29, 0.717) is 0 Å². The largest absolute Gasteiger partial charge is 0.481 e. The van der Waals surface area contributed by atoms with E-state index >= 15 is 0 Å². The molecule has 1 amide bonds. The third-order valence-corrected chi connectivity index (χ3v) is 2.91. The molecule has 0 aliphatic carbocycles. The van der Waals surface area contributed by atoms with E-state index in [1.54, 1.807) is 20.8 Å². The molecule has 1 aromatic rings. The topological polar surface area (TPSA) is 75.6 Å². The molecule has 0 aliphatic rings. The van der Waals surface area contributed by atoms with Crippen LogP contribution in [0.3, 0.4) is 0 Å². The van der Waals surface area contributed by atoms with Gasteiger partial charge in [-0.3, -0.25) is 10.1 Å². The Balaban J connectivity index is 2.82.